The Morgan fingerprint density at radius 2 is 1.71 bits per heavy atom. The topological polar surface area (TPSA) is 70.1 Å². The molecular formula is C23H22Cl2N2O4. The number of fused-ring (bicyclic) bond motifs is 1. The van der Waals surface area contributed by atoms with Crippen LogP contribution in [0.5, 0.6) is 5.75 Å². The number of β-amino-alcohol motifs (C(OH)–C–C–N with tert-alkyl or cyclic N) is 1. The van der Waals surface area contributed by atoms with Crippen LogP contribution in [0.4, 0.5) is 0 Å². The van der Waals surface area contributed by atoms with Crippen molar-refractivity contribution in [2.45, 2.75) is 30.6 Å². The van der Waals surface area contributed by atoms with E-state index in [-0.39, 0.29) is 24.3 Å². The third kappa shape index (κ3) is 3.61. The van der Waals surface area contributed by atoms with E-state index in [1.807, 2.05) is 0 Å². The SMILES string of the molecule is O=C(c1ccc(Cl)cc1)N1CC(O)C(N2CCC3(CC2)Oc2cc(Cl)ccc2C3=O)C1. The zero-order valence-electron chi connectivity index (χ0n) is 16.8. The fourth-order valence-corrected chi connectivity index (χ4v) is 5.17. The molecule has 1 N–H and O–H groups in total. The van der Waals surface area contributed by atoms with E-state index in [0.29, 0.717) is 59.4 Å². The van der Waals surface area contributed by atoms with Crippen LogP contribution >= 0.6 is 23.2 Å². The quantitative estimate of drug-likeness (QED) is 0.744. The zero-order valence-corrected chi connectivity index (χ0v) is 18.3. The lowest BCUT2D eigenvalue weighted by molar-refractivity contribution is -0.00328. The number of likely N-dealkylation sites (tertiary alicyclic amines) is 2. The molecule has 2 aromatic carbocycles. The number of nitrogens with zero attached hydrogens (tertiary/aromatic N) is 2. The van der Waals surface area contributed by atoms with E-state index in [4.69, 9.17) is 27.9 Å². The van der Waals surface area contributed by atoms with Crippen molar-refractivity contribution in [3.63, 3.8) is 0 Å². The van der Waals surface area contributed by atoms with Crippen molar-refractivity contribution in [3.05, 3.63) is 63.6 Å². The Labute approximate surface area is 190 Å². The molecule has 3 aliphatic rings. The number of aliphatic hydroxyl groups excluding tert-OH is 1. The van der Waals surface area contributed by atoms with Gasteiger partial charge in [0.05, 0.1) is 17.7 Å². The molecule has 31 heavy (non-hydrogen) atoms. The number of ketones is 1. The normalized spacial score (nSPS) is 25.0. The predicted octanol–water partition coefficient (Wildman–Crippen LogP) is 3.29. The molecule has 0 saturated carbocycles. The molecule has 2 unspecified atom stereocenters. The highest BCUT2D eigenvalue weighted by Crippen LogP contribution is 2.42. The summed E-state index contributed by atoms with van der Waals surface area (Å²) in [5.74, 6) is 0.435. The second kappa shape index (κ2) is 7.78. The summed E-state index contributed by atoms with van der Waals surface area (Å²) >= 11 is 12.0. The summed E-state index contributed by atoms with van der Waals surface area (Å²) in [6.45, 7) is 1.95. The molecule has 2 fully saturated rings. The van der Waals surface area contributed by atoms with E-state index in [0.717, 1.165) is 0 Å². The number of benzene rings is 2. The van der Waals surface area contributed by atoms with Gasteiger partial charge in [0.15, 0.2) is 5.60 Å². The molecule has 162 valence electrons. The minimum absolute atomic E-state index is 0.00493. The molecule has 2 atom stereocenters. The molecule has 0 aromatic heterocycles. The molecule has 0 aliphatic carbocycles. The number of Topliss-reactive ketones (excluding diaryl/α,β-unsaturated/α-hetero) is 1. The highest BCUT2D eigenvalue weighted by molar-refractivity contribution is 6.31. The van der Waals surface area contributed by atoms with Crippen LogP contribution in [-0.2, 0) is 0 Å². The molecule has 1 amide bonds. The molecule has 2 aromatic rings. The van der Waals surface area contributed by atoms with Gasteiger partial charge in [-0.25, -0.2) is 0 Å². The summed E-state index contributed by atoms with van der Waals surface area (Å²) in [7, 11) is 0. The standard InChI is InChI=1S/C23H22Cl2N2O4/c24-15-3-1-14(2-4-15)22(30)27-12-18(19(28)13-27)26-9-7-23(8-10-26)21(29)17-6-5-16(25)11-20(17)31-23/h1-6,11,18-19,28H,7-10,12-13H2. The number of carbonyl (C=O) groups is 2. The average Bonchev–Trinajstić information content (AvgIpc) is 3.27. The van der Waals surface area contributed by atoms with Gasteiger partial charge in [-0.05, 0) is 42.5 Å². The number of piperidine rings is 1. The number of hydrogen-bond donors (Lipinski definition) is 1. The Bertz CT molecular complexity index is 1030. The molecular weight excluding hydrogens is 439 g/mol. The Hall–Kier alpha value is -2.12. The number of carbonyl (C=O) groups excluding carboxylic acids is 2. The number of aliphatic hydroxyl groups is 1. The average molecular weight is 461 g/mol. The van der Waals surface area contributed by atoms with Gasteiger partial charge in [-0.15, -0.1) is 0 Å². The van der Waals surface area contributed by atoms with Gasteiger partial charge in [0.25, 0.3) is 5.91 Å². The second-order valence-electron chi connectivity index (χ2n) is 8.45. The number of halogens is 2. The molecule has 2 saturated heterocycles. The summed E-state index contributed by atoms with van der Waals surface area (Å²) in [6, 6.07) is 11.7. The van der Waals surface area contributed by atoms with Crippen LogP contribution in [0, 0.1) is 0 Å². The van der Waals surface area contributed by atoms with Crippen molar-refractivity contribution in [1.29, 1.82) is 0 Å². The van der Waals surface area contributed by atoms with Gasteiger partial charge in [-0.1, -0.05) is 23.2 Å². The maximum absolute atomic E-state index is 13.0. The molecule has 3 heterocycles. The van der Waals surface area contributed by atoms with Crippen LogP contribution in [0.1, 0.15) is 33.6 Å². The van der Waals surface area contributed by atoms with E-state index >= 15 is 0 Å². The first-order valence-electron chi connectivity index (χ1n) is 10.4. The number of rotatable bonds is 2. The smallest absolute Gasteiger partial charge is 0.253 e. The fraction of sp³-hybridized carbons (Fsp3) is 0.391. The zero-order chi connectivity index (χ0) is 21.8. The number of amides is 1. The minimum Gasteiger partial charge on any atom is -0.478 e. The predicted molar refractivity (Wildman–Crippen MR) is 117 cm³/mol. The van der Waals surface area contributed by atoms with Gasteiger partial charge in [-0.3, -0.25) is 14.5 Å². The van der Waals surface area contributed by atoms with E-state index in [2.05, 4.69) is 4.90 Å². The Morgan fingerprint density at radius 3 is 2.42 bits per heavy atom. The van der Waals surface area contributed by atoms with Crippen LogP contribution in [0.2, 0.25) is 10.0 Å². The Morgan fingerprint density at radius 1 is 1.03 bits per heavy atom. The molecule has 0 bridgehead atoms. The number of ether oxygens (including phenoxy) is 1. The van der Waals surface area contributed by atoms with Crippen molar-refractivity contribution in [2.75, 3.05) is 26.2 Å². The van der Waals surface area contributed by atoms with Gasteiger partial charge < -0.3 is 14.7 Å². The summed E-state index contributed by atoms with van der Waals surface area (Å²) in [5, 5.41) is 11.8. The van der Waals surface area contributed by atoms with E-state index in [9.17, 15) is 14.7 Å². The largest absolute Gasteiger partial charge is 0.478 e. The van der Waals surface area contributed by atoms with Crippen molar-refractivity contribution in [1.82, 2.24) is 9.80 Å². The Balaban J connectivity index is 1.24. The van der Waals surface area contributed by atoms with Gasteiger partial charge >= 0.3 is 0 Å². The maximum Gasteiger partial charge on any atom is 0.253 e. The lowest BCUT2D eigenvalue weighted by Crippen LogP contribution is -2.55. The van der Waals surface area contributed by atoms with Crippen LogP contribution in [0.15, 0.2) is 42.5 Å². The van der Waals surface area contributed by atoms with E-state index < -0.39 is 11.7 Å². The van der Waals surface area contributed by atoms with Crippen LogP contribution in [-0.4, -0.2) is 70.5 Å². The summed E-state index contributed by atoms with van der Waals surface area (Å²) in [6.07, 6.45) is 0.431. The highest BCUT2D eigenvalue weighted by atomic mass is 35.5. The lowest BCUT2D eigenvalue weighted by Gasteiger charge is -2.40. The van der Waals surface area contributed by atoms with Crippen LogP contribution in [0.3, 0.4) is 0 Å². The monoisotopic (exact) mass is 460 g/mol. The minimum atomic E-state index is -0.855. The third-order valence-electron chi connectivity index (χ3n) is 6.62. The van der Waals surface area contributed by atoms with Gasteiger partial charge in [-0.2, -0.15) is 0 Å². The second-order valence-corrected chi connectivity index (χ2v) is 9.33. The molecule has 5 rings (SSSR count). The van der Waals surface area contributed by atoms with Crippen molar-refractivity contribution in [3.8, 4) is 5.75 Å². The first kappa shape index (κ1) is 20.8. The molecule has 1 spiro atoms. The molecule has 8 heteroatoms. The lowest BCUT2D eigenvalue weighted by atomic mass is 9.85. The van der Waals surface area contributed by atoms with Crippen LogP contribution in [0.25, 0.3) is 0 Å². The first-order valence-corrected chi connectivity index (χ1v) is 11.1. The fourth-order valence-electron chi connectivity index (χ4n) is 4.89. The first-order chi connectivity index (χ1) is 14.9. The summed E-state index contributed by atoms with van der Waals surface area (Å²) in [5.41, 5.74) is 0.279. The molecule has 0 radical (unpaired) electrons. The number of hydrogen-bond acceptors (Lipinski definition) is 5. The maximum atomic E-state index is 13.0. The van der Waals surface area contributed by atoms with Gasteiger partial charge in [0.2, 0.25) is 5.78 Å². The summed E-state index contributed by atoms with van der Waals surface area (Å²) in [4.78, 5) is 29.7. The molecule has 3 aliphatic heterocycles. The Kier molecular flexibility index (Phi) is 5.21. The molecule has 6 nitrogen and oxygen atoms in total. The van der Waals surface area contributed by atoms with Gasteiger partial charge in [0.1, 0.15) is 5.75 Å². The summed E-state index contributed by atoms with van der Waals surface area (Å²) < 4.78 is 6.09. The van der Waals surface area contributed by atoms with Crippen molar-refractivity contribution in [2.24, 2.45) is 0 Å². The highest BCUT2D eigenvalue weighted by Gasteiger charge is 2.51. The third-order valence-corrected chi connectivity index (χ3v) is 7.11. The van der Waals surface area contributed by atoms with E-state index in [1.54, 1.807) is 47.4 Å². The van der Waals surface area contributed by atoms with Crippen LogP contribution < -0.4 is 4.74 Å². The van der Waals surface area contributed by atoms with E-state index in [1.165, 1.54) is 0 Å². The van der Waals surface area contributed by atoms with Crippen molar-refractivity contribution < 1.29 is 19.4 Å². The van der Waals surface area contributed by atoms with Gasteiger partial charge in [0, 0.05) is 54.6 Å². The van der Waals surface area contributed by atoms with Crippen molar-refractivity contribution >= 4 is 34.9 Å².